The van der Waals surface area contributed by atoms with Gasteiger partial charge in [-0.05, 0) is 43.7 Å². The van der Waals surface area contributed by atoms with Crippen LogP contribution in [0.2, 0.25) is 4.34 Å². The molecule has 1 unspecified atom stereocenters. The number of rotatable bonds is 3. The summed E-state index contributed by atoms with van der Waals surface area (Å²) < 4.78 is 6.49. The molecule has 1 aromatic rings. The van der Waals surface area contributed by atoms with Gasteiger partial charge in [0, 0.05) is 42.6 Å². The molecule has 1 spiro atoms. The fourth-order valence-corrected chi connectivity index (χ4v) is 5.22. The SMILES string of the molecule is Clc1ccc(CN2CC3(CCOCC3)C2C2CC2)s1. The number of ether oxygens (including phenoxy) is 1. The second kappa shape index (κ2) is 4.73. The molecule has 104 valence electrons. The number of halogens is 1. The molecule has 0 amide bonds. The first-order valence-corrected chi connectivity index (χ1v) is 8.52. The fourth-order valence-electron chi connectivity index (χ4n) is 4.10. The Balaban J connectivity index is 1.48. The highest BCUT2D eigenvalue weighted by Crippen LogP contribution is 2.55. The van der Waals surface area contributed by atoms with Crippen molar-refractivity contribution in [2.75, 3.05) is 19.8 Å². The van der Waals surface area contributed by atoms with E-state index in [2.05, 4.69) is 11.0 Å². The Morgan fingerprint density at radius 1 is 1.32 bits per heavy atom. The molecular formula is C15H20ClNOS. The van der Waals surface area contributed by atoms with Crippen LogP contribution in [0.3, 0.4) is 0 Å². The molecule has 1 aliphatic carbocycles. The second-order valence-electron chi connectivity index (χ2n) is 6.37. The van der Waals surface area contributed by atoms with Crippen molar-refractivity contribution in [3.05, 3.63) is 21.3 Å². The Bertz CT molecular complexity index is 464. The summed E-state index contributed by atoms with van der Waals surface area (Å²) in [5, 5.41) is 0. The molecule has 1 saturated carbocycles. The van der Waals surface area contributed by atoms with Crippen molar-refractivity contribution in [3.63, 3.8) is 0 Å². The van der Waals surface area contributed by atoms with Gasteiger partial charge in [0.25, 0.3) is 0 Å². The van der Waals surface area contributed by atoms with E-state index < -0.39 is 0 Å². The van der Waals surface area contributed by atoms with Crippen LogP contribution in [0, 0.1) is 11.3 Å². The van der Waals surface area contributed by atoms with Gasteiger partial charge in [-0.1, -0.05) is 11.6 Å². The third kappa shape index (κ3) is 2.25. The van der Waals surface area contributed by atoms with Gasteiger partial charge in [0.05, 0.1) is 4.34 Å². The Hall–Kier alpha value is -0.0900. The van der Waals surface area contributed by atoms with Crippen LogP contribution < -0.4 is 0 Å². The van der Waals surface area contributed by atoms with Gasteiger partial charge in [-0.2, -0.15) is 0 Å². The number of hydrogen-bond acceptors (Lipinski definition) is 3. The highest BCUT2D eigenvalue weighted by molar-refractivity contribution is 7.16. The molecule has 2 saturated heterocycles. The highest BCUT2D eigenvalue weighted by atomic mass is 35.5. The summed E-state index contributed by atoms with van der Waals surface area (Å²) in [6.07, 6.45) is 5.43. The summed E-state index contributed by atoms with van der Waals surface area (Å²) in [6.45, 7) is 4.32. The van der Waals surface area contributed by atoms with Crippen LogP contribution in [0.25, 0.3) is 0 Å². The molecule has 4 heteroatoms. The molecule has 2 nitrogen and oxygen atoms in total. The van der Waals surface area contributed by atoms with E-state index in [-0.39, 0.29) is 0 Å². The summed E-state index contributed by atoms with van der Waals surface area (Å²) in [7, 11) is 0. The minimum atomic E-state index is 0.584. The van der Waals surface area contributed by atoms with E-state index in [4.69, 9.17) is 16.3 Å². The van der Waals surface area contributed by atoms with Gasteiger partial charge in [-0.15, -0.1) is 11.3 Å². The minimum Gasteiger partial charge on any atom is -0.381 e. The molecule has 3 heterocycles. The van der Waals surface area contributed by atoms with Crippen molar-refractivity contribution in [2.45, 2.75) is 38.3 Å². The van der Waals surface area contributed by atoms with Crippen LogP contribution in [-0.4, -0.2) is 30.7 Å². The number of thiophene rings is 1. The topological polar surface area (TPSA) is 12.5 Å². The van der Waals surface area contributed by atoms with Crippen molar-refractivity contribution in [3.8, 4) is 0 Å². The van der Waals surface area contributed by atoms with E-state index in [0.717, 1.165) is 36.1 Å². The molecule has 0 aromatic carbocycles. The molecule has 1 aromatic heterocycles. The fraction of sp³-hybridized carbons (Fsp3) is 0.733. The molecule has 1 atom stereocenters. The van der Waals surface area contributed by atoms with Crippen LogP contribution in [0.5, 0.6) is 0 Å². The zero-order valence-corrected chi connectivity index (χ0v) is 12.7. The zero-order valence-electron chi connectivity index (χ0n) is 11.1. The molecule has 3 fully saturated rings. The first kappa shape index (κ1) is 12.6. The number of nitrogens with zero attached hydrogens (tertiary/aromatic N) is 1. The van der Waals surface area contributed by atoms with Crippen molar-refractivity contribution < 1.29 is 4.74 Å². The summed E-state index contributed by atoms with van der Waals surface area (Å²) in [5.41, 5.74) is 0.584. The number of hydrogen-bond donors (Lipinski definition) is 0. The molecule has 0 bridgehead atoms. The average molecular weight is 298 g/mol. The lowest BCUT2D eigenvalue weighted by molar-refractivity contribution is -0.143. The highest BCUT2D eigenvalue weighted by Gasteiger charge is 2.57. The Morgan fingerprint density at radius 3 is 2.74 bits per heavy atom. The zero-order chi connectivity index (χ0) is 12.9. The second-order valence-corrected chi connectivity index (χ2v) is 8.17. The lowest BCUT2D eigenvalue weighted by Gasteiger charge is -2.60. The average Bonchev–Trinajstić information content (AvgIpc) is 3.12. The molecule has 0 N–H and O–H groups in total. The molecule has 0 radical (unpaired) electrons. The van der Waals surface area contributed by atoms with E-state index in [1.807, 2.05) is 6.07 Å². The minimum absolute atomic E-state index is 0.584. The summed E-state index contributed by atoms with van der Waals surface area (Å²) in [5.74, 6) is 0.960. The predicted octanol–water partition coefficient (Wildman–Crippen LogP) is 3.79. The van der Waals surface area contributed by atoms with Crippen molar-refractivity contribution in [1.29, 1.82) is 0 Å². The molecule has 3 aliphatic rings. The Labute approximate surface area is 123 Å². The number of likely N-dealkylation sites (tertiary alicyclic amines) is 1. The maximum absolute atomic E-state index is 6.04. The molecule has 2 aliphatic heterocycles. The van der Waals surface area contributed by atoms with Crippen LogP contribution >= 0.6 is 22.9 Å². The lowest BCUT2D eigenvalue weighted by atomic mass is 9.64. The maximum atomic E-state index is 6.04. The standard InChI is InChI=1S/C15H20ClNOS/c16-13-4-3-12(19-13)9-17-10-15(5-7-18-8-6-15)14(17)11-1-2-11/h3-4,11,14H,1-2,5-10H2. The van der Waals surface area contributed by atoms with Gasteiger partial charge >= 0.3 is 0 Å². The smallest absolute Gasteiger partial charge is 0.0931 e. The monoisotopic (exact) mass is 297 g/mol. The van der Waals surface area contributed by atoms with Gasteiger partial charge in [-0.3, -0.25) is 4.90 Å². The van der Waals surface area contributed by atoms with E-state index in [9.17, 15) is 0 Å². The van der Waals surface area contributed by atoms with E-state index in [1.54, 1.807) is 11.3 Å². The van der Waals surface area contributed by atoms with Gasteiger partial charge in [0.2, 0.25) is 0 Å². The first-order valence-electron chi connectivity index (χ1n) is 7.33. The molecular weight excluding hydrogens is 278 g/mol. The summed E-state index contributed by atoms with van der Waals surface area (Å²) in [6, 6.07) is 5.03. The van der Waals surface area contributed by atoms with E-state index >= 15 is 0 Å². The van der Waals surface area contributed by atoms with Crippen LogP contribution in [0.4, 0.5) is 0 Å². The van der Waals surface area contributed by atoms with Gasteiger partial charge in [0.1, 0.15) is 0 Å². The quantitative estimate of drug-likeness (QED) is 0.841. The Kier molecular flexibility index (Phi) is 3.14. The van der Waals surface area contributed by atoms with Gasteiger partial charge in [-0.25, -0.2) is 0 Å². The van der Waals surface area contributed by atoms with Gasteiger partial charge in [0.15, 0.2) is 0 Å². The van der Waals surface area contributed by atoms with Crippen molar-refractivity contribution in [1.82, 2.24) is 4.90 Å². The van der Waals surface area contributed by atoms with Gasteiger partial charge < -0.3 is 4.74 Å². The van der Waals surface area contributed by atoms with Crippen LogP contribution in [0.1, 0.15) is 30.6 Å². The summed E-state index contributed by atoms with van der Waals surface area (Å²) in [4.78, 5) is 4.11. The maximum Gasteiger partial charge on any atom is 0.0931 e. The van der Waals surface area contributed by atoms with Crippen molar-refractivity contribution >= 4 is 22.9 Å². The predicted molar refractivity (Wildman–Crippen MR) is 78.7 cm³/mol. The third-order valence-corrected chi connectivity index (χ3v) is 6.30. The van der Waals surface area contributed by atoms with Crippen LogP contribution in [0.15, 0.2) is 12.1 Å². The third-order valence-electron chi connectivity index (χ3n) is 5.08. The van der Waals surface area contributed by atoms with E-state index in [1.165, 1.54) is 37.1 Å². The lowest BCUT2D eigenvalue weighted by Crippen LogP contribution is -2.66. The first-order chi connectivity index (χ1) is 9.27. The normalized spacial score (nSPS) is 30.5. The largest absolute Gasteiger partial charge is 0.381 e. The summed E-state index contributed by atoms with van der Waals surface area (Å²) >= 11 is 7.78. The van der Waals surface area contributed by atoms with E-state index in [0.29, 0.717) is 5.41 Å². The molecule has 19 heavy (non-hydrogen) atoms. The van der Waals surface area contributed by atoms with Crippen LogP contribution in [-0.2, 0) is 11.3 Å². The Morgan fingerprint density at radius 2 is 2.11 bits per heavy atom. The molecule has 4 rings (SSSR count). The van der Waals surface area contributed by atoms with Crippen molar-refractivity contribution in [2.24, 2.45) is 11.3 Å².